The minimum atomic E-state index is -3.84. The lowest BCUT2D eigenvalue weighted by molar-refractivity contribution is -0.140. The van der Waals surface area contributed by atoms with Gasteiger partial charge >= 0.3 is 5.97 Å². The van der Waals surface area contributed by atoms with Gasteiger partial charge in [0.05, 0.1) is 23.9 Å². The van der Waals surface area contributed by atoms with Crippen LogP contribution in [0.4, 0.5) is 0 Å². The summed E-state index contributed by atoms with van der Waals surface area (Å²) in [5.41, 5.74) is 0.682. The number of Topliss-reactive ketones (excluding diaryl/α,β-unsaturated/α-hetero) is 1. The number of methoxy groups -OCH3 is 1. The van der Waals surface area contributed by atoms with E-state index in [1.807, 2.05) is 0 Å². The van der Waals surface area contributed by atoms with Gasteiger partial charge in [-0.2, -0.15) is 0 Å². The molecule has 134 valence electrons. The molecule has 0 unspecified atom stereocenters. The molecular formula is C19H17NO5S. The molecule has 0 amide bonds. The molecule has 3 aromatic rings. The number of fused-ring (bicyclic) bond motifs is 1. The highest BCUT2D eigenvalue weighted by Crippen LogP contribution is 2.27. The zero-order chi connectivity index (χ0) is 18.7. The van der Waals surface area contributed by atoms with Crippen LogP contribution in [0.15, 0.2) is 65.7 Å². The number of esters is 1. The molecule has 1 aromatic heterocycles. The van der Waals surface area contributed by atoms with Crippen LogP contribution in [0, 0.1) is 0 Å². The molecule has 1 heterocycles. The summed E-state index contributed by atoms with van der Waals surface area (Å²) in [5, 5.41) is 0.530. The van der Waals surface area contributed by atoms with E-state index in [-0.39, 0.29) is 29.1 Å². The van der Waals surface area contributed by atoms with Gasteiger partial charge in [-0.15, -0.1) is 0 Å². The van der Waals surface area contributed by atoms with Crippen LogP contribution >= 0.6 is 0 Å². The van der Waals surface area contributed by atoms with Crippen LogP contribution in [0.2, 0.25) is 0 Å². The molecule has 0 aliphatic heterocycles. The molecule has 0 atom stereocenters. The van der Waals surface area contributed by atoms with Gasteiger partial charge in [0.25, 0.3) is 10.0 Å². The van der Waals surface area contributed by atoms with E-state index < -0.39 is 16.0 Å². The van der Waals surface area contributed by atoms with Gasteiger partial charge in [-0.05, 0) is 18.2 Å². The smallest absolute Gasteiger partial charge is 0.305 e. The molecule has 7 heteroatoms. The maximum Gasteiger partial charge on any atom is 0.305 e. The number of carbonyl (C=O) groups is 2. The molecule has 0 radical (unpaired) electrons. The lowest BCUT2D eigenvalue weighted by Crippen LogP contribution is -2.12. The number of rotatable bonds is 6. The number of hydrogen-bond donors (Lipinski definition) is 0. The Kier molecular flexibility index (Phi) is 4.90. The summed E-state index contributed by atoms with van der Waals surface area (Å²) in [7, 11) is -2.59. The van der Waals surface area contributed by atoms with Crippen molar-refractivity contribution in [3.63, 3.8) is 0 Å². The third-order valence-corrected chi connectivity index (χ3v) is 5.75. The van der Waals surface area contributed by atoms with E-state index >= 15 is 0 Å². The van der Waals surface area contributed by atoms with Gasteiger partial charge in [-0.1, -0.05) is 36.4 Å². The van der Waals surface area contributed by atoms with Crippen LogP contribution in [-0.4, -0.2) is 31.3 Å². The van der Waals surface area contributed by atoms with E-state index in [0.29, 0.717) is 10.9 Å². The van der Waals surface area contributed by atoms with Crippen molar-refractivity contribution in [1.82, 2.24) is 3.97 Å². The largest absolute Gasteiger partial charge is 0.469 e. The van der Waals surface area contributed by atoms with Gasteiger partial charge in [-0.25, -0.2) is 12.4 Å². The Labute approximate surface area is 151 Å². The number of carbonyl (C=O) groups excluding carboxylic acids is 2. The van der Waals surface area contributed by atoms with E-state index in [1.54, 1.807) is 42.5 Å². The summed E-state index contributed by atoms with van der Waals surface area (Å²) in [6, 6.07) is 14.8. The number of hydrogen-bond acceptors (Lipinski definition) is 5. The Hall–Kier alpha value is -2.93. The second kappa shape index (κ2) is 7.13. The second-order valence-corrected chi connectivity index (χ2v) is 7.49. The number of benzene rings is 2. The van der Waals surface area contributed by atoms with Gasteiger partial charge in [0, 0.05) is 23.6 Å². The fourth-order valence-corrected chi connectivity index (χ4v) is 4.12. The first-order chi connectivity index (χ1) is 12.4. The van der Waals surface area contributed by atoms with Crippen molar-refractivity contribution in [3.05, 3.63) is 66.4 Å². The normalized spacial score (nSPS) is 11.4. The van der Waals surface area contributed by atoms with Crippen molar-refractivity contribution in [2.24, 2.45) is 0 Å². The first-order valence-corrected chi connectivity index (χ1v) is 9.40. The maximum atomic E-state index is 13.0. The van der Waals surface area contributed by atoms with E-state index in [1.165, 1.54) is 25.4 Å². The SMILES string of the molecule is COC(=O)CCC(=O)c1cn(S(=O)(=O)c2ccccc2)c2ccccc12. The third-order valence-electron chi connectivity index (χ3n) is 4.06. The molecule has 0 N–H and O–H groups in total. The molecule has 2 aromatic carbocycles. The Morgan fingerprint density at radius 3 is 2.31 bits per heavy atom. The Balaban J connectivity index is 2.09. The molecule has 0 saturated heterocycles. The van der Waals surface area contributed by atoms with Crippen molar-refractivity contribution >= 4 is 32.7 Å². The quantitative estimate of drug-likeness (QED) is 0.491. The third kappa shape index (κ3) is 3.25. The molecule has 6 nitrogen and oxygen atoms in total. The molecule has 0 aliphatic carbocycles. The van der Waals surface area contributed by atoms with Crippen molar-refractivity contribution in [2.45, 2.75) is 17.7 Å². The molecule has 0 bridgehead atoms. The summed E-state index contributed by atoms with van der Waals surface area (Å²) in [4.78, 5) is 24.0. The molecule has 0 spiro atoms. The van der Waals surface area contributed by atoms with Crippen molar-refractivity contribution < 1.29 is 22.7 Å². The van der Waals surface area contributed by atoms with Crippen LogP contribution in [0.1, 0.15) is 23.2 Å². The van der Waals surface area contributed by atoms with E-state index in [0.717, 1.165) is 3.97 Å². The maximum absolute atomic E-state index is 13.0. The van der Waals surface area contributed by atoms with Gasteiger partial charge in [0.15, 0.2) is 5.78 Å². The average Bonchev–Trinajstić information content (AvgIpc) is 3.07. The zero-order valence-electron chi connectivity index (χ0n) is 14.1. The summed E-state index contributed by atoms with van der Waals surface area (Å²) in [6.07, 6.45) is 1.22. The molecule has 3 rings (SSSR count). The van der Waals surface area contributed by atoms with Gasteiger partial charge in [-0.3, -0.25) is 9.59 Å². The molecular weight excluding hydrogens is 354 g/mol. The second-order valence-electron chi connectivity index (χ2n) is 5.67. The molecule has 0 saturated carbocycles. The predicted molar refractivity (Wildman–Crippen MR) is 96.5 cm³/mol. The standard InChI is InChI=1S/C19H17NO5S/c1-25-19(22)12-11-18(21)16-13-20(17-10-6-5-9-15(16)17)26(23,24)14-7-3-2-4-8-14/h2-10,13H,11-12H2,1H3. The lowest BCUT2D eigenvalue weighted by Gasteiger charge is -2.07. The molecule has 26 heavy (non-hydrogen) atoms. The first kappa shape index (κ1) is 17.9. The summed E-state index contributed by atoms with van der Waals surface area (Å²) in [5.74, 6) is -0.799. The fourth-order valence-electron chi connectivity index (χ4n) is 2.73. The molecule has 0 aliphatic rings. The minimum Gasteiger partial charge on any atom is -0.469 e. The predicted octanol–water partition coefficient (Wildman–Crippen LogP) is 3.01. The van der Waals surface area contributed by atoms with Crippen LogP contribution < -0.4 is 0 Å². The topological polar surface area (TPSA) is 82.4 Å². The lowest BCUT2D eigenvalue weighted by atomic mass is 10.1. The summed E-state index contributed by atoms with van der Waals surface area (Å²) < 4.78 is 31.6. The van der Waals surface area contributed by atoms with Crippen molar-refractivity contribution in [3.8, 4) is 0 Å². The monoisotopic (exact) mass is 371 g/mol. The fraction of sp³-hybridized carbons (Fsp3) is 0.158. The van der Waals surface area contributed by atoms with Crippen molar-refractivity contribution in [1.29, 1.82) is 0 Å². The Morgan fingerprint density at radius 1 is 0.962 bits per heavy atom. The Bertz CT molecular complexity index is 1070. The summed E-state index contributed by atoms with van der Waals surface area (Å²) >= 11 is 0. The van der Waals surface area contributed by atoms with E-state index in [4.69, 9.17) is 0 Å². The highest BCUT2D eigenvalue weighted by Gasteiger charge is 2.23. The van der Waals surface area contributed by atoms with Gasteiger partial charge < -0.3 is 4.74 Å². The minimum absolute atomic E-state index is 0.0495. The van der Waals surface area contributed by atoms with E-state index in [2.05, 4.69) is 4.74 Å². The number of ether oxygens (including phenoxy) is 1. The van der Waals surface area contributed by atoms with Crippen molar-refractivity contribution in [2.75, 3.05) is 7.11 Å². The highest BCUT2D eigenvalue weighted by molar-refractivity contribution is 7.90. The number of aromatic nitrogens is 1. The average molecular weight is 371 g/mol. The van der Waals surface area contributed by atoms with Crippen LogP contribution in [0.25, 0.3) is 10.9 Å². The van der Waals surface area contributed by atoms with E-state index in [9.17, 15) is 18.0 Å². The Morgan fingerprint density at radius 2 is 1.62 bits per heavy atom. The zero-order valence-corrected chi connectivity index (χ0v) is 14.9. The summed E-state index contributed by atoms with van der Waals surface area (Å²) in [6.45, 7) is 0. The molecule has 0 fully saturated rings. The van der Waals surface area contributed by atoms with Crippen LogP contribution in [0.5, 0.6) is 0 Å². The highest BCUT2D eigenvalue weighted by atomic mass is 32.2. The number of para-hydroxylation sites is 1. The first-order valence-electron chi connectivity index (χ1n) is 7.96. The van der Waals surface area contributed by atoms with Gasteiger partial charge in [0.2, 0.25) is 0 Å². The van der Waals surface area contributed by atoms with Gasteiger partial charge in [0.1, 0.15) is 0 Å². The number of ketones is 1. The number of nitrogens with zero attached hydrogens (tertiary/aromatic N) is 1. The van der Waals surface area contributed by atoms with Crippen LogP contribution in [-0.2, 0) is 19.6 Å². The van der Waals surface area contributed by atoms with Crippen LogP contribution in [0.3, 0.4) is 0 Å².